The van der Waals surface area contributed by atoms with Gasteiger partial charge in [0.05, 0.1) is 37.2 Å². The summed E-state index contributed by atoms with van der Waals surface area (Å²) in [5, 5.41) is 4.42. The Kier molecular flexibility index (Phi) is 5.43. The first-order chi connectivity index (χ1) is 16.6. The lowest BCUT2D eigenvalue weighted by atomic mass is 10.1. The molecule has 0 amide bonds. The maximum absolute atomic E-state index is 13.1. The van der Waals surface area contributed by atoms with Crippen LogP contribution in [-0.4, -0.2) is 33.9 Å². The van der Waals surface area contributed by atoms with Crippen LogP contribution in [-0.2, 0) is 6.54 Å². The average Bonchev–Trinajstić information content (AvgIpc) is 3.36. The van der Waals surface area contributed by atoms with Gasteiger partial charge in [-0.15, -0.1) is 0 Å². The van der Waals surface area contributed by atoms with E-state index in [1.807, 2.05) is 36.4 Å². The van der Waals surface area contributed by atoms with Crippen molar-refractivity contribution in [1.82, 2.24) is 19.7 Å². The van der Waals surface area contributed by atoms with E-state index >= 15 is 0 Å². The fraction of sp³-hybridized carbons (Fsp3) is 0.120. The molecule has 1 N–H and O–H groups in total. The fourth-order valence-corrected chi connectivity index (χ4v) is 3.76. The monoisotopic (exact) mass is 456 g/mol. The first-order valence-electron chi connectivity index (χ1n) is 10.4. The summed E-state index contributed by atoms with van der Waals surface area (Å²) in [6.07, 6.45) is 0. The number of ether oxygens (including phenoxy) is 2. The molecule has 0 fully saturated rings. The second-order valence-electron chi connectivity index (χ2n) is 7.56. The van der Waals surface area contributed by atoms with E-state index in [1.165, 1.54) is 0 Å². The van der Waals surface area contributed by atoms with Gasteiger partial charge in [-0.1, -0.05) is 29.4 Å². The molecule has 0 spiro atoms. The van der Waals surface area contributed by atoms with E-state index < -0.39 is 11.2 Å². The third-order valence-electron chi connectivity index (χ3n) is 5.48. The summed E-state index contributed by atoms with van der Waals surface area (Å²) < 4.78 is 17.2. The van der Waals surface area contributed by atoms with E-state index in [-0.39, 0.29) is 12.4 Å². The maximum atomic E-state index is 13.1. The highest BCUT2D eigenvalue weighted by molar-refractivity contribution is 5.82. The molecule has 0 aliphatic heterocycles. The largest absolute Gasteiger partial charge is 0.497 e. The molecular weight excluding hydrogens is 436 g/mol. The number of aromatic amines is 1. The molecule has 0 atom stereocenters. The van der Waals surface area contributed by atoms with Crippen molar-refractivity contribution in [2.24, 2.45) is 0 Å². The van der Waals surface area contributed by atoms with Crippen LogP contribution in [0.3, 0.4) is 0 Å². The van der Waals surface area contributed by atoms with Crippen molar-refractivity contribution >= 4 is 10.9 Å². The number of nitrogens with one attached hydrogen (secondary N) is 1. The smallest absolute Gasteiger partial charge is 0.329 e. The predicted octanol–water partition coefficient (Wildman–Crippen LogP) is 3.47. The summed E-state index contributed by atoms with van der Waals surface area (Å²) in [5.41, 5.74) is 1.51. The third-order valence-corrected chi connectivity index (χ3v) is 5.48. The molecule has 0 unspecified atom stereocenters. The minimum Gasteiger partial charge on any atom is -0.497 e. The maximum Gasteiger partial charge on any atom is 0.329 e. The lowest BCUT2D eigenvalue weighted by molar-refractivity contribution is 0.413. The molecule has 2 heterocycles. The molecule has 9 nitrogen and oxygen atoms in total. The van der Waals surface area contributed by atoms with Gasteiger partial charge in [0.1, 0.15) is 11.5 Å². The minimum atomic E-state index is -0.516. The number of rotatable bonds is 6. The summed E-state index contributed by atoms with van der Waals surface area (Å²) in [7, 11) is 3.13. The van der Waals surface area contributed by atoms with Crippen molar-refractivity contribution < 1.29 is 14.0 Å². The molecule has 0 radical (unpaired) electrons. The molecule has 2 aromatic heterocycles. The van der Waals surface area contributed by atoms with E-state index in [2.05, 4.69) is 15.1 Å². The van der Waals surface area contributed by atoms with Gasteiger partial charge in [0.2, 0.25) is 5.82 Å². The van der Waals surface area contributed by atoms with Crippen LogP contribution < -0.4 is 20.7 Å². The van der Waals surface area contributed by atoms with Crippen LogP contribution in [0.25, 0.3) is 33.7 Å². The molecule has 0 saturated carbocycles. The Hall–Kier alpha value is -4.66. The van der Waals surface area contributed by atoms with Gasteiger partial charge in [0.15, 0.2) is 0 Å². The Labute approximate surface area is 193 Å². The topological polar surface area (TPSA) is 112 Å². The summed E-state index contributed by atoms with van der Waals surface area (Å²) in [6, 6.07) is 19.6. The quantitative estimate of drug-likeness (QED) is 0.416. The Morgan fingerprint density at radius 1 is 0.971 bits per heavy atom. The van der Waals surface area contributed by atoms with Gasteiger partial charge in [0.25, 0.3) is 11.4 Å². The molecule has 0 bridgehead atoms. The Morgan fingerprint density at radius 3 is 2.65 bits per heavy atom. The second-order valence-corrected chi connectivity index (χ2v) is 7.56. The molecule has 0 aliphatic carbocycles. The van der Waals surface area contributed by atoms with Crippen molar-refractivity contribution in [1.29, 1.82) is 0 Å². The van der Waals surface area contributed by atoms with Crippen LogP contribution >= 0.6 is 0 Å². The molecule has 0 aliphatic rings. The van der Waals surface area contributed by atoms with Crippen molar-refractivity contribution in [3.63, 3.8) is 0 Å². The number of H-pyrrole nitrogens is 1. The zero-order valence-electron chi connectivity index (χ0n) is 18.4. The molecular formula is C25H20N4O5. The highest BCUT2D eigenvalue weighted by Crippen LogP contribution is 2.29. The number of aromatic nitrogens is 4. The van der Waals surface area contributed by atoms with Crippen LogP contribution in [0.1, 0.15) is 5.56 Å². The van der Waals surface area contributed by atoms with Gasteiger partial charge in [-0.3, -0.25) is 9.36 Å². The van der Waals surface area contributed by atoms with Gasteiger partial charge in [-0.05, 0) is 48.0 Å². The lowest BCUT2D eigenvalue weighted by Crippen LogP contribution is -2.35. The number of nitrogens with zero attached hydrogens (tertiary/aromatic N) is 3. The lowest BCUT2D eigenvalue weighted by Gasteiger charge is -2.08. The highest BCUT2D eigenvalue weighted by atomic mass is 16.5. The minimum absolute atomic E-state index is 0.120. The number of hydrogen-bond acceptors (Lipinski definition) is 7. The Balaban J connectivity index is 1.51. The van der Waals surface area contributed by atoms with Gasteiger partial charge < -0.3 is 19.0 Å². The van der Waals surface area contributed by atoms with E-state index in [1.54, 1.807) is 44.6 Å². The highest BCUT2D eigenvalue weighted by Gasteiger charge is 2.16. The molecule has 5 aromatic rings. The van der Waals surface area contributed by atoms with Crippen LogP contribution in [0.5, 0.6) is 11.5 Å². The van der Waals surface area contributed by atoms with Crippen molar-refractivity contribution in [2.45, 2.75) is 6.54 Å². The second kappa shape index (κ2) is 8.70. The van der Waals surface area contributed by atoms with Gasteiger partial charge in [-0.2, -0.15) is 4.98 Å². The summed E-state index contributed by atoms with van der Waals surface area (Å²) in [6.45, 7) is 0.120. The summed E-state index contributed by atoms with van der Waals surface area (Å²) in [5.74, 6) is 1.90. The van der Waals surface area contributed by atoms with Crippen LogP contribution in [0.2, 0.25) is 0 Å². The van der Waals surface area contributed by atoms with Gasteiger partial charge >= 0.3 is 5.69 Å². The number of hydrogen-bond donors (Lipinski definition) is 1. The molecule has 34 heavy (non-hydrogen) atoms. The SMILES string of the molecule is COc1cccc(Cn2c(=O)[nH]c3cc(-c4nc(-c5ccccc5OC)no4)ccc3c2=O)c1. The van der Waals surface area contributed by atoms with Crippen molar-refractivity contribution in [2.75, 3.05) is 14.2 Å². The van der Waals surface area contributed by atoms with E-state index in [4.69, 9.17) is 14.0 Å². The normalized spacial score (nSPS) is 11.0. The molecule has 9 heteroatoms. The Morgan fingerprint density at radius 2 is 1.82 bits per heavy atom. The van der Waals surface area contributed by atoms with E-state index in [0.29, 0.717) is 39.4 Å². The van der Waals surface area contributed by atoms with E-state index in [9.17, 15) is 9.59 Å². The third kappa shape index (κ3) is 3.83. The Bertz CT molecular complexity index is 1620. The predicted molar refractivity (Wildman–Crippen MR) is 126 cm³/mol. The molecule has 170 valence electrons. The standard InChI is InChI=1S/C25H20N4O5/c1-32-17-7-5-6-15(12-17)14-29-24(30)18-11-10-16(13-20(18)26-25(29)31)23-27-22(28-34-23)19-8-3-4-9-21(19)33-2/h3-13H,14H2,1-2H3,(H,26,31). The van der Waals surface area contributed by atoms with Gasteiger partial charge in [0, 0.05) is 5.56 Å². The van der Waals surface area contributed by atoms with Crippen molar-refractivity contribution in [3.8, 4) is 34.3 Å². The molecule has 0 saturated heterocycles. The zero-order chi connectivity index (χ0) is 23.7. The number of para-hydroxylation sites is 1. The molecule has 3 aromatic carbocycles. The van der Waals surface area contributed by atoms with Crippen LogP contribution in [0.4, 0.5) is 0 Å². The first-order valence-corrected chi connectivity index (χ1v) is 10.4. The summed E-state index contributed by atoms with van der Waals surface area (Å²) >= 11 is 0. The number of methoxy groups -OCH3 is 2. The van der Waals surface area contributed by atoms with Crippen molar-refractivity contribution in [3.05, 3.63) is 93.1 Å². The molecule has 5 rings (SSSR count). The number of fused-ring (bicyclic) bond motifs is 1. The zero-order valence-corrected chi connectivity index (χ0v) is 18.4. The van der Waals surface area contributed by atoms with Crippen LogP contribution in [0, 0.1) is 0 Å². The number of benzene rings is 3. The van der Waals surface area contributed by atoms with E-state index in [0.717, 1.165) is 10.1 Å². The fourth-order valence-electron chi connectivity index (χ4n) is 3.76. The first kappa shape index (κ1) is 21.2. The summed E-state index contributed by atoms with van der Waals surface area (Å²) in [4.78, 5) is 33.0. The van der Waals surface area contributed by atoms with Gasteiger partial charge in [-0.25, -0.2) is 4.79 Å². The average molecular weight is 456 g/mol. The van der Waals surface area contributed by atoms with Crippen LogP contribution in [0.15, 0.2) is 80.8 Å².